The number of carboxylic acid groups (broad SMARTS) is 1. The Hall–Kier alpha value is -4.12. The minimum Gasteiger partial charge on any atom is -0.478 e. The quantitative estimate of drug-likeness (QED) is 0.371. The fourth-order valence-electron chi connectivity index (χ4n) is 5.18. The molecule has 2 aromatic carbocycles. The van der Waals surface area contributed by atoms with Crippen LogP contribution in [0.3, 0.4) is 0 Å². The molecule has 1 aromatic heterocycles. The number of hydrogen-bond acceptors (Lipinski definition) is 7. The number of anilines is 3. The van der Waals surface area contributed by atoms with Gasteiger partial charge in [-0.2, -0.15) is 0 Å². The van der Waals surface area contributed by atoms with Crippen molar-refractivity contribution in [2.24, 2.45) is 0 Å². The first-order chi connectivity index (χ1) is 17.1. The smallest absolute Gasteiger partial charge is 0.335 e. The van der Waals surface area contributed by atoms with Crippen LogP contribution in [-0.2, 0) is 10.5 Å². The molecular formula is C25H27FN6O4. The first-order valence-corrected chi connectivity index (χ1v) is 11.6. The second-order valence-electron chi connectivity index (χ2n) is 9.42. The molecule has 3 heterocycles. The minimum atomic E-state index is -1.88. The fourth-order valence-corrected chi connectivity index (χ4v) is 5.18. The number of amides is 1. The Kier molecular flexibility index (Phi) is 5.59. The molecule has 1 fully saturated rings. The van der Waals surface area contributed by atoms with Gasteiger partial charge in [-0.15, -0.1) is 0 Å². The minimum absolute atomic E-state index is 0.00130. The third-order valence-electron chi connectivity index (χ3n) is 7.19. The molecule has 36 heavy (non-hydrogen) atoms. The zero-order chi connectivity index (χ0) is 25.8. The number of hydrogen-bond donors (Lipinski definition) is 5. The lowest BCUT2D eigenvalue weighted by molar-refractivity contribution is -0.137. The van der Waals surface area contributed by atoms with Gasteiger partial charge in [0.25, 0.3) is 11.5 Å². The molecule has 0 radical (unpaired) electrons. The number of nitrogens with one attached hydrogen (secondary N) is 3. The highest BCUT2D eigenvalue weighted by atomic mass is 19.1. The van der Waals surface area contributed by atoms with Crippen LogP contribution in [0.2, 0.25) is 0 Å². The van der Waals surface area contributed by atoms with Gasteiger partial charge in [0.2, 0.25) is 5.66 Å². The highest BCUT2D eigenvalue weighted by Gasteiger charge is 2.51. The van der Waals surface area contributed by atoms with Crippen LogP contribution in [0.5, 0.6) is 0 Å². The third-order valence-corrected chi connectivity index (χ3v) is 7.19. The molecule has 0 saturated carbocycles. The summed E-state index contributed by atoms with van der Waals surface area (Å²) < 4.78 is 14.9. The number of carbonyl (C=O) groups is 2. The summed E-state index contributed by atoms with van der Waals surface area (Å²) in [7, 11) is 3.68. The molecule has 5 rings (SSSR count). The average molecular weight is 495 g/mol. The summed E-state index contributed by atoms with van der Waals surface area (Å²) in [6.45, 7) is 1.62. The van der Waals surface area contributed by atoms with E-state index in [1.807, 2.05) is 7.05 Å². The summed E-state index contributed by atoms with van der Waals surface area (Å²) in [5, 5.41) is 15.6. The number of aromatic amines is 1. The van der Waals surface area contributed by atoms with Crippen LogP contribution in [0, 0.1) is 5.82 Å². The van der Waals surface area contributed by atoms with E-state index in [0.29, 0.717) is 11.4 Å². The van der Waals surface area contributed by atoms with Crippen molar-refractivity contribution in [2.75, 3.05) is 43.6 Å². The summed E-state index contributed by atoms with van der Waals surface area (Å²) in [5.74, 6) is -2.27. The number of carboxylic acids is 1. The number of likely N-dealkylation sites (tertiary alicyclic amines) is 1. The average Bonchev–Trinajstić information content (AvgIpc) is 3.22. The number of piperidine rings is 1. The first kappa shape index (κ1) is 23.6. The van der Waals surface area contributed by atoms with Crippen LogP contribution in [0.15, 0.2) is 41.2 Å². The number of pyridine rings is 1. The summed E-state index contributed by atoms with van der Waals surface area (Å²) >= 11 is 0. The topological polar surface area (TPSA) is 144 Å². The number of carbonyl (C=O) groups excluding carboxylic acids is 1. The third kappa shape index (κ3) is 3.63. The van der Waals surface area contributed by atoms with Crippen LogP contribution in [-0.4, -0.2) is 65.0 Å². The number of likely N-dealkylation sites (N-methyl/N-ethyl adjacent to an activating group) is 1. The van der Waals surface area contributed by atoms with Gasteiger partial charge in [-0.1, -0.05) is 6.07 Å². The molecule has 2 aliphatic rings. The maximum atomic E-state index is 14.9. The highest BCUT2D eigenvalue weighted by molar-refractivity contribution is 6.03. The lowest BCUT2D eigenvalue weighted by Gasteiger charge is -2.40. The fraction of sp³-hybridized carbons (Fsp3) is 0.320. The molecule has 11 heteroatoms. The number of aromatic nitrogens is 1. The van der Waals surface area contributed by atoms with Gasteiger partial charge in [0.05, 0.1) is 39.1 Å². The number of fused-ring (bicyclic) bond motifs is 2. The molecule has 1 unspecified atom stereocenters. The molecular weight excluding hydrogens is 467 g/mol. The van der Waals surface area contributed by atoms with E-state index in [9.17, 15) is 23.9 Å². The molecule has 2 aliphatic heterocycles. The van der Waals surface area contributed by atoms with E-state index >= 15 is 0 Å². The molecule has 188 valence electrons. The summed E-state index contributed by atoms with van der Waals surface area (Å²) in [4.78, 5) is 45.6. The number of halogens is 1. The normalized spacial score (nSPS) is 20.0. The van der Waals surface area contributed by atoms with Crippen molar-refractivity contribution in [1.82, 2.24) is 14.8 Å². The number of H-pyrrole nitrogens is 1. The largest absolute Gasteiger partial charge is 0.478 e. The van der Waals surface area contributed by atoms with Gasteiger partial charge in [0, 0.05) is 13.1 Å². The zero-order valence-electron chi connectivity index (χ0n) is 19.9. The molecule has 1 saturated heterocycles. The van der Waals surface area contributed by atoms with Gasteiger partial charge >= 0.3 is 5.97 Å². The van der Waals surface area contributed by atoms with E-state index < -0.39 is 28.9 Å². The molecule has 0 bridgehead atoms. The van der Waals surface area contributed by atoms with Gasteiger partial charge < -0.3 is 36.3 Å². The Balaban J connectivity index is 1.69. The van der Waals surface area contributed by atoms with Crippen molar-refractivity contribution >= 4 is 39.8 Å². The highest BCUT2D eigenvalue weighted by Crippen LogP contribution is 2.43. The Morgan fingerprint density at radius 3 is 2.56 bits per heavy atom. The molecule has 10 nitrogen and oxygen atoms in total. The van der Waals surface area contributed by atoms with Gasteiger partial charge in [0.1, 0.15) is 5.82 Å². The SMILES string of the molecule is CN1CCC(N(C)C(=O)C2(c3c(N)c4c(F)cccc4[nH]c3=O)Nc3ccc(C(=O)O)cc3N2)CC1. The number of nitrogens with zero attached hydrogens (tertiary/aromatic N) is 2. The molecule has 0 aliphatic carbocycles. The Labute approximate surface area is 205 Å². The number of rotatable bonds is 4. The lowest BCUT2D eigenvalue weighted by Crippen LogP contribution is -2.58. The van der Waals surface area contributed by atoms with Crippen LogP contribution >= 0.6 is 0 Å². The van der Waals surface area contributed by atoms with Crippen LogP contribution in [0.25, 0.3) is 10.9 Å². The standard InChI is InChI=1S/C25H27FN6O4/c1-31-10-8-14(9-11-31)32(2)24(36)25(29-16-7-6-13(23(34)35)12-18(16)30-25)20-21(27)19-15(26)4-3-5-17(19)28-22(20)33/h3-7,12,14,29-30H,8-11H2,1-2H3,(H,34,35)(H3,27,28,33). The lowest BCUT2D eigenvalue weighted by atomic mass is 9.93. The van der Waals surface area contributed by atoms with Gasteiger partial charge in [-0.25, -0.2) is 9.18 Å². The molecule has 0 spiro atoms. The van der Waals surface area contributed by atoms with Gasteiger partial charge in [-0.05, 0) is 63.3 Å². The maximum absolute atomic E-state index is 14.9. The number of aromatic carboxylic acids is 1. The van der Waals surface area contributed by atoms with E-state index in [1.165, 1.54) is 36.4 Å². The molecule has 1 amide bonds. The Bertz CT molecular complexity index is 1450. The summed E-state index contributed by atoms with van der Waals surface area (Å²) in [6, 6.07) is 8.40. The first-order valence-electron chi connectivity index (χ1n) is 11.6. The van der Waals surface area contributed by atoms with Crippen molar-refractivity contribution in [2.45, 2.75) is 24.5 Å². The Morgan fingerprint density at radius 2 is 1.86 bits per heavy atom. The summed E-state index contributed by atoms with van der Waals surface area (Å²) in [5.41, 5.74) is 4.45. The number of nitrogen functional groups attached to an aromatic ring is 1. The van der Waals surface area contributed by atoms with Gasteiger partial charge in [-0.3, -0.25) is 9.59 Å². The van der Waals surface area contributed by atoms with E-state index in [-0.39, 0.29) is 33.8 Å². The molecule has 3 aromatic rings. The summed E-state index contributed by atoms with van der Waals surface area (Å²) in [6.07, 6.45) is 1.48. The second-order valence-corrected chi connectivity index (χ2v) is 9.42. The number of nitrogens with two attached hydrogens (primary N) is 1. The predicted molar refractivity (Wildman–Crippen MR) is 135 cm³/mol. The van der Waals surface area contributed by atoms with E-state index in [0.717, 1.165) is 25.9 Å². The van der Waals surface area contributed by atoms with Crippen molar-refractivity contribution in [3.8, 4) is 0 Å². The van der Waals surface area contributed by atoms with Gasteiger partial charge in [0.15, 0.2) is 0 Å². The monoisotopic (exact) mass is 494 g/mol. The Morgan fingerprint density at radius 1 is 1.17 bits per heavy atom. The van der Waals surface area contributed by atoms with E-state index in [2.05, 4.69) is 20.5 Å². The predicted octanol–water partition coefficient (Wildman–Crippen LogP) is 2.19. The zero-order valence-corrected chi connectivity index (χ0v) is 19.9. The maximum Gasteiger partial charge on any atom is 0.335 e. The van der Waals surface area contributed by atoms with E-state index in [1.54, 1.807) is 11.9 Å². The van der Waals surface area contributed by atoms with Crippen LogP contribution < -0.4 is 21.9 Å². The van der Waals surface area contributed by atoms with Crippen molar-refractivity contribution < 1.29 is 19.1 Å². The van der Waals surface area contributed by atoms with Crippen LogP contribution in [0.1, 0.15) is 28.8 Å². The van der Waals surface area contributed by atoms with Crippen molar-refractivity contribution in [1.29, 1.82) is 0 Å². The second kappa shape index (κ2) is 8.52. The molecule has 6 N–H and O–H groups in total. The molecule has 1 atom stereocenters. The van der Waals surface area contributed by atoms with E-state index in [4.69, 9.17) is 5.73 Å². The van der Waals surface area contributed by atoms with Crippen molar-refractivity contribution in [3.63, 3.8) is 0 Å². The van der Waals surface area contributed by atoms with Crippen molar-refractivity contribution in [3.05, 3.63) is 63.7 Å². The van der Waals surface area contributed by atoms with Crippen LogP contribution in [0.4, 0.5) is 21.5 Å². The number of benzene rings is 2.